The van der Waals surface area contributed by atoms with Gasteiger partial charge in [0, 0.05) is 37.0 Å². The fourth-order valence-electron chi connectivity index (χ4n) is 3.15. The number of aromatic nitrogens is 1. The Morgan fingerprint density at radius 3 is 2.90 bits per heavy atom. The fourth-order valence-corrected chi connectivity index (χ4v) is 3.83. The van der Waals surface area contributed by atoms with Crippen LogP contribution in [0.15, 0.2) is 23.6 Å². The molecule has 10 heteroatoms. The molecule has 152 valence electrons. The predicted octanol–water partition coefficient (Wildman–Crippen LogP) is 1.87. The molecule has 4 rings (SSSR count). The smallest absolute Gasteiger partial charge is 0.270 e. The molecule has 2 N–H and O–H groups in total. The molecule has 0 aliphatic carbocycles. The van der Waals surface area contributed by atoms with Gasteiger partial charge in [-0.05, 0) is 31.0 Å². The Kier molecular flexibility index (Phi) is 5.61. The van der Waals surface area contributed by atoms with E-state index in [0.717, 1.165) is 13.0 Å². The zero-order valence-corrected chi connectivity index (χ0v) is 16.4. The summed E-state index contributed by atoms with van der Waals surface area (Å²) in [5.41, 5.74) is 0.653. The highest BCUT2D eigenvalue weighted by Crippen LogP contribution is 2.32. The normalized spacial score (nSPS) is 14.9. The number of likely N-dealkylation sites (tertiary alicyclic amines) is 1. The molecule has 0 spiro atoms. The lowest BCUT2D eigenvalue weighted by atomic mass is 10.2. The lowest BCUT2D eigenvalue weighted by Crippen LogP contribution is -2.30. The Hall–Kier alpha value is -3.14. The first-order valence-electron chi connectivity index (χ1n) is 9.32. The largest absolute Gasteiger partial charge is 0.454 e. The molecule has 1 saturated heterocycles. The number of anilines is 1. The highest BCUT2D eigenvalue weighted by Gasteiger charge is 2.20. The van der Waals surface area contributed by atoms with Gasteiger partial charge in [-0.25, -0.2) is 4.98 Å². The van der Waals surface area contributed by atoms with Crippen molar-refractivity contribution in [3.8, 4) is 11.5 Å². The van der Waals surface area contributed by atoms with E-state index in [9.17, 15) is 14.4 Å². The van der Waals surface area contributed by atoms with Crippen LogP contribution in [0.2, 0.25) is 0 Å². The highest BCUT2D eigenvalue weighted by molar-refractivity contribution is 7.14. The summed E-state index contributed by atoms with van der Waals surface area (Å²) in [7, 11) is 0. The van der Waals surface area contributed by atoms with Gasteiger partial charge in [-0.3, -0.25) is 19.7 Å². The molecule has 3 amide bonds. The number of carbonyl (C=O) groups excluding carboxylic acids is 3. The van der Waals surface area contributed by atoms with E-state index >= 15 is 0 Å². The van der Waals surface area contributed by atoms with Crippen LogP contribution in [0.25, 0.3) is 0 Å². The van der Waals surface area contributed by atoms with Crippen LogP contribution in [0.1, 0.15) is 40.1 Å². The molecule has 2 aliphatic rings. The maximum atomic E-state index is 12.4. The van der Waals surface area contributed by atoms with Gasteiger partial charge in [0.25, 0.3) is 11.8 Å². The SMILES string of the molecule is O=C(Nc1nc(C(=O)NCCCN2CCCC2=O)cs1)c1ccc2c(c1)OCO2. The molecule has 29 heavy (non-hydrogen) atoms. The Bertz CT molecular complexity index is 944. The van der Waals surface area contributed by atoms with E-state index in [1.54, 1.807) is 23.6 Å². The average molecular weight is 416 g/mol. The molecule has 0 atom stereocenters. The summed E-state index contributed by atoms with van der Waals surface area (Å²) >= 11 is 1.17. The molecule has 1 aromatic heterocycles. The van der Waals surface area contributed by atoms with E-state index in [-0.39, 0.29) is 30.2 Å². The van der Waals surface area contributed by atoms with Gasteiger partial charge in [0.05, 0.1) is 0 Å². The molecule has 0 radical (unpaired) electrons. The van der Waals surface area contributed by atoms with E-state index in [2.05, 4.69) is 15.6 Å². The van der Waals surface area contributed by atoms with Crippen LogP contribution in [0.5, 0.6) is 11.5 Å². The van der Waals surface area contributed by atoms with Crippen molar-refractivity contribution in [3.05, 3.63) is 34.8 Å². The number of rotatable bonds is 7. The molecular weight excluding hydrogens is 396 g/mol. The number of nitrogens with one attached hydrogen (secondary N) is 2. The number of amides is 3. The molecule has 0 unspecified atom stereocenters. The average Bonchev–Trinajstić information content (AvgIpc) is 3.45. The lowest BCUT2D eigenvalue weighted by Gasteiger charge is -2.14. The Morgan fingerprint density at radius 2 is 2.07 bits per heavy atom. The van der Waals surface area contributed by atoms with Crippen LogP contribution in [0.4, 0.5) is 5.13 Å². The van der Waals surface area contributed by atoms with Gasteiger partial charge in [0.2, 0.25) is 12.7 Å². The van der Waals surface area contributed by atoms with E-state index in [1.165, 1.54) is 11.3 Å². The topological polar surface area (TPSA) is 110 Å². The van der Waals surface area contributed by atoms with Crippen molar-refractivity contribution < 1.29 is 23.9 Å². The molecule has 0 saturated carbocycles. The van der Waals surface area contributed by atoms with Gasteiger partial charge in [-0.2, -0.15) is 0 Å². The van der Waals surface area contributed by atoms with Gasteiger partial charge in [0.1, 0.15) is 5.69 Å². The summed E-state index contributed by atoms with van der Waals surface area (Å²) < 4.78 is 10.5. The van der Waals surface area contributed by atoms with Crippen molar-refractivity contribution in [1.29, 1.82) is 0 Å². The first-order chi connectivity index (χ1) is 14.1. The fraction of sp³-hybridized carbons (Fsp3) is 0.368. The first-order valence-corrected chi connectivity index (χ1v) is 10.2. The Morgan fingerprint density at radius 1 is 1.21 bits per heavy atom. The van der Waals surface area contributed by atoms with Crippen LogP contribution in [-0.2, 0) is 4.79 Å². The monoisotopic (exact) mass is 416 g/mol. The van der Waals surface area contributed by atoms with Gasteiger partial charge in [-0.1, -0.05) is 0 Å². The molecule has 2 aliphatic heterocycles. The number of hydrogen-bond acceptors (Lipinski definition) is 7. The molecule has 9 nitrogen and oxygen atoms in total. The Balaban J connectivity index is 1.26. The Labute approximate surface area is 171 Å². The van der Waals surface area contributed by atoms with Crippen molar-refractivity contribution >= 4 is 34.2 Å². The number of thiazole rings is 1. The summed E-state index contributed by atoms with van der Waals surface area (Å²) in [6, 6.07) is 4.91. The standard InChI is InChI=1S/C19H20N4O5S/c24-16-3-1-7-23(16)8-2-6-20-18(26)13-10-29-19(21-13)22-17(25)12-4-5-14-15(9-12)28-11-27-14/h4-5,9-10H,1-3,6-8,11H2,(H,20,26)(H,21,22,25). The summed E-state index contributed by atoms with van der Waals surface area (Å²) in [6.45, 7) is 2.04. The van der Waals surface area contributed by atoms with Gasteiger partial charge >= 0.3 is 0 Å². The molecule has 2 aromatic rings. The molecule has 1 aromatic carbocycles. The maximum absolute atomic E-state index is 12.4. The zero-order chi connectivity index (χ0) is 20.2. The van der Waals surface area contributed by atoms with Crippen LogP contribution in [0, 0.1) is 0 Å². The minimum absolute atomic E-state index is 0.139. The third-order valence-electron chi connectivity index (χ3n) is 4.65. The molecular formula is C19H20N4O5S. The maximum Gasteiger partial charge on any atom is 0.270 e. The van der Waals surface area contributed by atoms with Crippen LogP contribution in [-0.4, -0.2) is 54.0 Å². The summed E-state index contributed by atoms with van der Waals surface area (Å²) in [5, 5.41) is 7.40. The minimum Gasteiger partial charge on any atom is -0.454 e. The molecule has 3 heterocycles. The number of carbonyl (C=O) groups is 3. The lowest BCUT2D eigenvalue weighted by molar-refractivity contribution is -0.127. The van der Waals surface area contributed by atoms with E-state index in [4.69, 9.17) is 9.47 Å². The predicted molar refractivity (Wildman–Crippen MR) is 105 cm³/mol. The minimum atomic E-state index is -0.347. The van der Waals surface area contributed by atoms with Crippen molar-refractivity contribution in [2.75, 3.05) is 31.7 Å². The molecule has 0 bridgehead atoms. The van der Waals surface area contributed by atoms with E-state index in [1.807, 2.05) is 4.90 Å². The third-order valence-corrected chi connectivity index (χ3v) is 5.41. The number of nitrogens with zero attached hydrogens (tertiary/aromatic N) is 2. The summed E-state index contributed by atoms with van der Waals surface area (Å²) in [5.74, 6) is 0.646. The summed E-state index contributed by atoms with van der Waals surface area (Å²) in [4.78, 5) is 42.1. The van der Waals surface area contributed by atoms with Crippen molar-refractivity contribution in [2.24, 2.45) is 0 Å². The van der Waals surface area contributed by atoms with Crippen molar-refractivity contribution in [2.45, 2.75) is 19.3 Å². The number of benzene rings is 1. The van der Waals surface area contributed by atoms with Crippen LogP contribution < -0.4 is 20.1 Å². The first kappa shape index (κ1) is 19.2. The van der Waals surface area contributed by atoms with Crippen LogP contribution >= 0.6 is 11.3 Å². The number of ether oxygens (including phenoxy) is 2. The van der Waals surface area contributed by atoms with Gasteiger partial charge in [0.15, 0.2) is 16.6 Å². The molecule has 1 fully saturated rings. The second-order valence-electron chi connectivity index (χ2n) is 6.65. The second kappa shape index (κ2) is 8.48. The zero-order valence-electron chi connectivity index (χ0n) is 15.6. The van der Waals surface area contributed by atoms with E-state index in [0.29, 0.717) is 48.1 Å². The van der Waals surface area contributed by atoms with E-state index < -0.39 is 0 Å². The highest BCUT2D eigenvalue weighted by atomic mass is 32.1. The third kappa shape index (κ3) is 4.48. The summed E-state index contributed by atoms with van der Waals surface area (Å²) in [6.07, 6.45) is 2.21. The van der Waals surface area contributed by atoms with Gasteiger partial charge < -0.3 is 19.7 Å². The van der Waals surface area contributed by atoms with Gasteiger partial charge in [-0.15, -0.1) is 11.3 Å². The second-order valence-corrected chi connectivity index (χ2v) is 7.51. The number of hydrogen-bond donors (Lipinski definition) is 2. The quantitative estimate of drug-likeness (QED) is 0.667. The van der Waals surface area contributed by atoms with Crippen LogP contribution in [0.3, 0.4) is 0 Å². The van der Waals surface area contributed by atoms with Crippen molar-refractivity contribution in [3.63, 3.8) is 0 Å². The van der Waals surface area contributed by atoms with Crippen molar-refractivity contribution in [1.82, 2.24) is 15.2 Å². The number of fused-ring (bicyclic) bond motifs is 1.